The Labute approximate surface area is 121 Å². The van der Waals surface area contributed by atoms with Crippen LogP contribution in [0.2, 0.25) is 0 Å². The quantitative estimate of drug-likeness (QED) is 0.928. The van der Waals surface area contributed by atoms with Gasteiger partial charge in [0.15, 0.2) is 5.82 Å². The summed E-state index contributed by atoms with van der Waals surface area (Å²) >= 11 is 0. The summed E-state index contributed by atoms with van der Waals surface area (Å²) in [5.74, 6) is -0.308. The number of halogens is 1. The third-order valence-corrected chi connectivity index (χ3v) is 3.32. The molecule has 0 aromatic carbocycles. The topological polar surface area (TPSA) is 71.0 Å². The fourth-order valence-corrected chi connectivity index (χ4v) is 2.32. The van der Waals surface area contributed by atoms with Crippen LogP contribution in [0.4, 0.5) is 16.0 Å². The van der Waals surface area contributed by atoms with Crippen LogP contribution in [0.25, 0.3) is 0 Å². The third kappa shape index (κ3) is 2.96. The molecule has 3 rings (SSSR count). The van der Waals surface area contributed by atoms with E-state index in [9.17, 15) is 9.18 Å². The Morgan fingerprint density at radius 3 is 2.81 bits per heavy atom. The lowest BCUT2D eigenvalue weighted by molar-refractivity contribution is -0.120. The van der Waals surface area contributed by atoms with E-state index in [4.69, 9.17) is 0 Å². The van der Waals surface area contributed by atoms with Crippen LogP contribution in [0.5, 0.6) is 0 Å². The van der Waals surface area contributed by atoms with Gasteiger partial charge in [0.2, 0.25) is 11.9 Å². The number of carbonyl (C=O) groups is 1. The zero-order chi connectivity index (χ0) is 14.7. The van der Waals surface area contributed by atoms with Gasteiger partial charge in [-0.15, -0.1) is 0 Å². The monoisotopic (exact) mass is 287 g/mol. The first kappa shape index (κ1) is 13.4. The smallest absolute Gasteiger partial charge is 0.249 e. The molecule has 108 valence electrons. The number of amides is 1. The lowest BCUT2D eigenvalue weighted by Gasteiger charge is -2.32. The molecule has 1 atom stereocenters. The number of carbonyl (C=O) groups excluding carboxylic acids is 1. The highest BCUT2D eigenvalue weighted by molar-refractivity contribution is 5.99. The first-order valence-electron chi connectivity index (χ1n) is 6.69. The maximum Gasteiger partial charge on any atom is 0.249 e. The average molecular weight is 287 g/mol. The lowest BCUT2D eigenvalue weighted by Crippen LogP contribution is -2.48. The van der Waals surface area contributed by atoms with Crippen molar-refractivity contribution in [1.82, 2.24) is 15.0 Å². The molecule has 1 aliphatic heterocycles. The molecule has 21 heavy (non-hydrogen) atoms. The van der Waals surface area contributed by atoms with Gasteiger partial charge < -0.3 is 10.2 Å². The predicted molar refractivity (Wildman–Crippen MR) is 75.2 cm³/mol. The van der Waals surface area contributed by atoms with Crippen molar-refractivity contribution < 1.29 is 9.18 Å². The number of nitrogens with one attached hydrogen (secondary N) is 1. The molecule has 6 nitrogen and oxygen atoms in total. The Balaban J connectivity index is 1.74. The van der Waals surface area contributed by atoms with Crippen molar-refractivity contribution >= 4 is 17.5 Å². The van der Waals surface area contributed by atoms with E-state index in [0.29, 0.717) is 13.0 Å². The van der Waals surface area contributed by atoms with Crippen molar-refractivity contribution in [2.75, 3.05) is 16.8 Å². The van der Waals surface area contributed by atoms with Crippen molar-refractivity contribution in [1.29, 1.82) is 0 Å². The molecule has 2 aromatic heterocycles. The van der Waals surface area contributed by atoms with E-state index in [1.54, 1.807) is 23.4 Å². The minimum Gasteiger partial charge on any atom is -0.342 e. The summed E-state index contributed by atoms with van der Waals surface area (Å²) in [7, 11) is 0. The van der Waals surface area contributed by atoms with Crippen LogP contribution in [-0.2, 0) is 4.79 Å². The maximum atomic E-state index is 12.8. The number of rotatable bonds is 3. The van der Waals surface area contributed by atoms with E-state index in [2.05, 4.69) is 20.3 Å². The van der Waals surface area contributed by atoms with Crippen molar-refractivity contribution in [2.24, 2.45) is 0 Å². The fourth-order valence-electron chi connectivity index (χ4n) is 2.32. The molecule has 0 bridgehead atoms. The first-order valence-corrected chi connectivity index (χ1v) is 6.69. The summed E-state index contributed by atoms with van der Waals surface area (Å²) in [5, 5.41) is 2.96. The predicted octanol–water partition coefficient (Wildman–Crippen LogP) is 1.62. The molecule has 7 heteroatoms. The van der Waals surface area contributed by atoms with Gasteiger partial charge in [-0.1, -0.05) is 0 Å². The minimum absolute atomic E-state index is 0.0535. The van der Waals surface area contributed by atoms with Crippen LogP contribution in [0, 0.1) is 5.82 Å². The Bertz CT molecular complexity index is 619. The van der Waals surface area contributed by atoms with Crippen LogP contribution >= 0.6 is 0 Å². The molecule has 3 heterocycles. The normalized spacial score (nSPS) is 18.6. The Kier molecular flexibility index (Phi) is 3.72. The molecule has 0 radical (unpaired) electrons. The number of piperidine rings is 1. The van der Waals surface area contributed by atoms with Crippen LogP contribution in [0.1, 0.15) is 12.8 Å². The second-order valence-corrected chi connectivity index (χ2v) is 4.77. The van der Waals surface area contributed by atoms with E-state index >= 15 is 0 Å². The summed E-state index contributed by atoms with van der Waals surface area (Å²) in [5.41, 5.74) is 0.772. The van der Waals surface area contributed by atoms with Crippen LogP contribution in [0.15, 0.2) is 36.9 Å². The fraction of sp³-hybridized carbons (Fsp3) is 0.286. The SMILES string of the molecule is O=C1C(Nc2ncc(F)cn2)CCCN1c1cccnc1. The summed E-state index contributed by atoms with van der Waals surface area (Å²) in [6.45, 7) is 0.660. The molecule has 0 saturated carbocycles. The summed E-state index contributed by atoms with van der Waals surface area (Å²) in [4.78, 5) is 25.9. The molecule has 0 aliphatic carbocycles. The lowest BCUT2D eigenvalue weighted by atomic mass is 10.0. The van der Waals surface area contributed by atoms with Gasteiger partial charge in [0.25, 0.3) is 0 Å². The molecule has 1 aliphatic rings. The van der Waals surface area contributed by atoms with Gasteiger partial charge in [-0.25, -0.2) is 14.4 Å². The largest absolute Gasteiger partial charge is 0.342 e. The number of pyridine rings is 1. The highest BCUT2D eigenvalue weighted by Gasteiger charge is 2.30. The van der Waals surface area contributed by atoms with Gasteiger partial charge in [0.05, 0.1) is 24.3 Å². The zero-order valence-electron chi connectivity index (χ0n) is 11.2. The number of hydrogen-bond donors (Lipinski definition) is 1. The molecule has 0 spiro atoms. The van der Waals surface area contributed by atoms with Crippen LogP contribution < -0.4 is 10.2 Å². The summed E-state index contributed by atoms with van der Waals surface area (Å²) in [6, 6.07) is 3.23. The Morgan fingerprint density at radius 2 is 2.10 bits per heavy atom. The van der Waals surface area contributed by atoms with E-state index < -0.39 is 11.9 Å². The van der Waals surface area contributed by atoms with Crippen molar-refractivity contribution in [3.8, 4) is 0 Å². The van der Waals surface area contributed by atoms with Gasteiger partial charge in [0.1, 0.15) is 6.04 Å². The maximum absolute atomic E-state index is 12.8. The third-order valence-electron chi connectivity index (χ3n) is 3.32. The van der Waals surface area contributed by atoms with Crippen molar-refractivity contribution in [2.45, 2.75) is 18.9 Å². The molecule has 1 amide bonds. The Morgan fingerprint density at radius 1 is 1.29 bits per heavy atom. The van der Waals surface area contributed by atoms with Gasteiger partial charge in [0, 0.05) is 12.7 Å². The number of aromatic nitrogens is 3. The zero-order valence-corrected chi connectivity index (χ0v) is 11.2. The second-order valence-electron chi connectivity index (χ2n) is 4.77. The number of hydrogen-bond acceptors (Lipinski definition) is 5. The highest BCUT2D eigenvalue weighted by Crippen LogP contribution is 2.21. The van der Waals surface area contributed by atoms with Gasteiger partial charge in [-0.2, -0.15) is 0 Å². The standard InChI is InChI=1S/C14H14FN5O/c15-10-7-17-14(18-8-10)19-12-4-2-6-20(13(12)21)11-3-1-5-16-9-11/h1,3,5,7-9,12H,2,4,6H2,(H,17,18,19). The highest BCUT2D eigenvalue weighted by atomic mass is 19.1. The second kappa shape index (κ2) is 5.82. The van der Waals surface area contributed by atoms with Crippen molar-refractivity contribution in [3.63, 3.8) is 0 Å². The first-order chi connectivity index (χ1) is 10.2. The van der Waals surface area contributed by atoms with Crippen LogP contribution in [-0.4, -0.2) is 33.4 Å². The summed E-state index contributed by atoms with van der Waals surface area (Å²) in [6.07, 6.45) is 7.02. The van der Waals surface area contributed by atoms with Gasteiger partial charge in [-0.3, -0.25) is 9.78 Å². The van der Waals surface area contributed by atoms with E-state index in [1.165, 1.54) is 0 Å². The number of anilines is 2. The van der Waals surface area contributed by atoms with E-state index in [1.807, 2.05) is 6.07 Å². The molecule has 1 fully saturated rings. The molecule has 1 N–H and O–H groups in total. The van der Waals surface area contributed by atoms with Crippen LogP contribution in [0.3, 0.4) is 0 Å². The van der Waals surface area contributed by atoms with E-state index in [-0.39, 0.29) is 11.9 Å². The molecule has 1 unspecified atom stereocenters. The average Bonchev–Trinajstić information content (AvgIpc) is 2.52. The molecule has 2 aromatic rings. The van der Waals surface area contributed by atoms with Crippen molar-refractivity contribution in [3.05, 3.63) is 42.7 Å². The van der Waals surface area contributed by atoms with E-state index in [0.717, 1.165) is 24.5 Å². The minimum atomic E-state index is -0.507. The molecular weight excluding hydrogens is 273 g/mol. The molecule has 1 saturated heterocycles. The summed E-state index contributed by atoms with van der Waals surface area (Å²) < 4.78 is 12.8. The Hall–Kier alpha value is -2.57. The number of nitrogens with zero attached hydrogens (tertiary/aromatic N) is 4. The van der Waals surface area contributed by atoms with Gasteiger partial charge in [-0.05, 0) is 25.0 Å². The molecular formula is C14H14FN5O. The van der Waals surface area contributed by atoms with Gasteiger partial charge >= 0.3 is 0 Å².